The lowest BCUT2D eigenvalue weighted by molar-refractivity contribution is -0.133. The van der Waals surface area contributed by atoms with E-state index >= 15 is 0 Å². The zero-order valence-electron chi connectivity index (χ0n) is 15.0. The number of halogens is 2. The van der Waals surface area contributed by atoms with Crippen LogP contribution in [0.3, 0.4) is 0 Å². The minimum absolute atomic E-state index is 0.0801. The summed E-state index contributed by atoms with van der Waals surface area (Å²) in [6.07, 6.45) is 0. The van der Waals surface area contributed by atoms with Gasteiger partial charge in [0.15, 0.2) is 0 Å². The molecule has 138 valence electrons. The third kappa shape index (κ3) is 5.05. The molecule has 1 atom stereocenters. The van der Waals surface area contributed by atoms with Crippen LogP contribution in [-0.2, 0) is 11.3 Å². The molecule has 0 heterocycles. The second kappa shape index (κ2) is 8.81. The van der Waals surface area contributed by atoms with Crippen molar-refractivity contribution >= 4 is 23.4 Å². The summed E-state index contributed by atoms with van der Waals surface area (Å²) >= 11 is 5.98. The first kappa shape index (κ1) is 19.9. The lowest BCUT2D eigenvalue weighted by atomic mass is 10.0. The van der Waals surface area contributed by atoms with Crippen LogP contribution in [0.1, 0.15) is 29.8 Å². The standard InChI is InChI=1S/C20H22ClFN2O2/c1-13(2)18(23-19(25)16-9-4-5-10-17(16)22)20(26)24(3)12-14-7-6-8-15(21)11-14/h4-11,13,18H,12H2,1-3H3,(H,23,25). The number of rotatable bonds is 6. The van der Waals surface area contributed by atoms with Crippen LogP contribution in [0.25, 0.3) is 0 Å². The van der Waals surface area contributed by atoms with E-state index in [1.807, 2.05) is 26.0 Å². The summed E-state index contributed by atoms with van der Waals surface area (Å²) in [7, 11) is 1.66. The van der Waals surface area contributed by atoms with E-state index in [4.69, 9.17) is 11.6 Å². The van der Waals surface area contributed by atoms with Crippen LogP contribution in [0, 0.1) is 11.7 Å². The molecule has 6 heteroatoms. The van der Waals surface area contributed by atoms with Crippen molar-refractivity contribution in [3.8, 4) is 0 Å². The van der Waals surface area contributed by atoms with E-state index in [1.54, 1.807) is 25.2 Å². The highest BCUT2D eigenvalue weighted by atomic mass is 35.5. The molecule has 2 amide bonds. The van der Waals surface area contributed by atoms with Gasteiger partial charge >= 0.3 is 0 Å². The Morgan fingerprint density at radius 3 is 2.46 bits per heavy atom. The summed E-state index contributed by atoms with van der Waals surface area (Å²) in [5.41, 5.74) is 0.805. The Bertz CT molecular complexity index is 795. The molecule has 0 fully saturated rings. The van der Waals surface area contributed by atoms with Gasteiger partial charge in [-0.15, -0.1) is 0 Å². The van der Waals surface area contributed by atoms with E-state index in [1.165, 1.54) is 23.1 Å². The number of amides is 2. The molecule has 0 saturated heterocycles. The molecule has 0 radical (unpaired) electrons. The summed E-state index contributed by atoms with van der Waals surface area (Å²) in [4.78, 5) is 26.7. The average molecular weight is 377 g/mol. The van der Waals surface area contributed by atoms with Gasteiger partial charge in [-0.2, -0.15) is 0 Å². The molecular weight excluding hydrogens is 355 g/mol. The van der Waals surface area contributed by atoms with Gasteiger partial charge in [-0.25, -0.2) is 4.39 Å². The van der Waals surface area contributed by atoms with Gasteiger partial charge in [0, 0.05) is 18.6 Å². The maximum absolute atomic E-state index is 13.8. The van der Waals surface area contributed by atoms with E-state index in [-0.39, 0.29) is 17.4 Å². The Hall–Kier alpha value is -2.40. The number of nitrogens with one attached hydrogen (secondary N) is 1. The molecule has 0 aliphatic carbocycles. The summed E-state index contributed by atoms with van der Waals surface area (Å²) in [5.74, 6) is -1.62. The Morgan fingerprint density at radius 1 is 1.15 bits per heavy atom. The molecule has 4 nitrogen and oxygen atoms in total. The maximum atomic E-state index is 13.8. The van der Waals surface area contributed by atoms with Gasteiger partial charge < -0.3 is 10.2 Å². The van der Waals surface area contributed by atoms with Gasteiger partial charge in [-0.05, 0) is 35.7 Å². The molecule has 0 aromatic heterocycles. The Morgan fingerprint density at radius 2 is 1.85 bits per heavy atom. The number of carbonyl (C=O) groups is 2. The largest absolute Gasteiger partial charge is 0.340 e. The maximum Gasteiger partial charge on any atom is 0.254 e. The molecule has 0 saturated carbocycles. The summed E-state index contributed by atoms with van der Waals surface area (Å²) < 4.78 is 13.8. The second-order valence-corrected chi connectivity index (χ2v) is 6.94. The minimum Gasteiger partial charge on any atom is -0.340 e. The SMILES string of the molecule is CC(C)C(NC(=O)c1ccccc1F)C(=O)N(C)Cc1cccc(Cl)c1. The molecule has 26 heavy (non-hydrogen) atoms. The van der Waals surface area contributed by atoms with Crippen molar-refractivity contribution in [3.05, 3.63) is 70.5 Å². The van der Waals surface area contributed by atoms with Crippen molar-refractivity contribution in [3.63, 3.8) is 0 Å². The van der Waals surface area contributed by atoms with Crippen LogP contribution < -0.4 is 5.32 Å². The van der Waals surface area contributed by atoms with E-state index in [0.29, 0.717) is 11.6 Å². The van der Waals surface area contributed by atoms with Crippen LogP contribution in [0.15, 0.2) is 48.5 Å². The first-order chi connectivity index (χ1) is 12.3. The molecule has 2 rings (SSSR count). The first-order valence-corrected chi connectivity index (χ1v) is 8.72. The highest BCUT2D eigenvalue weighted by Crippen LogP contribution is 2.15. The van der Waals surface area contributed by atoms with Crippen molar-refractivity contribution in [1.29, 1.82) is 0 Å². The normalized spacial score (nSPS) is 11.9. The minimum atomic E-state index is -0.758. The smallest absolute Gasteiger partial charge is 0.254 e. The monoisotopic (exact) mass is 376 g/mol. The second-order valence-electron chi connectivity index (χ2n) is 6.50. The molecule has 2 aromatic carbocycles. The number of hydrogen-bond acceptors (Lipinski definition) is 2. The van der Waals surface area contributed by atoms with Gasteiger partial charge in [0.25, 0.3) is 5.91 Å². The van der Waals surface area contributed by atoms with Gasteiger partial charge in [0.1, 0.15) is 11.9 Å². The van der Waals surface area contributed by atoms with Gasteiger partial charge in [0.2, 0.25) is 5.91 Å². The quantitative estimate of drug-likeness (QED) is 0.831. The fourth-order valence-corrected chi connectivity index (χ4v) is 2.82. The third-order valence-electron chi connectivity index (χ3n) is 4.02. The zero-order valence-corrected chi connectivity index (χ0v) is 15.8. The number of likely N-dealkylation sites (N-methyl/N-ethyl adjacent to an activating group) is 1. The fourth-order valence-electron chi connectivity index (χ4n) is 2.60. The molecule has 2 aromatic rings. The molecule has 1 N–H and O–H groups in total. The van der Waals surface area contributed by atoms with Crippen LogP contribution >= 0.6 is 11.6 Å². The van der Waals surface area contributed by atoms with Gasteiger partial charge in [-0.1, -0.05) is 49.7 Å². The predicted molar refractivity (Wildman–Crippen MR) is 100 cm³/mol. The van der Waals surface area contributed by atoms with Crippen molar-refractivity contribution in [1.82, 2.24) is 10.2 Å². The van der Waals surface area contributed by atoms with Crippen molar-refractivity contribution in [2.45, 2.75) is 26.4 Å². The van der Waals surface area contributed by atoms with E-state index in [0.717, 1.165) is 5.56 Å². The lowest BCUT2D eigenvalue weighted by Crippen LogP contribution is -2.50. The molecule has 0 aliphatic heterocycles. The Balaban J connectivity index is 2.11. The van der Waals surface area contributed by atoms with Crippen LogP contribution in [-0.4, -0.2) is 29.8 Å². The Kier molecular flexibility index (Phi) is 6.75. The fraction of sp³-hybridized carbons (Fsp3) is 0.300. The lowest BCUT2D eigenvalue weighted by Gasteiger charge is -2.27. The third-order valence-corrected chi connectivity index (χ3v) is 4.26. The van der Waals surface area contributed by atoms with Gasteiger partial charge in [-0.3, -0.25) is 9.59 Å². The molecule has 0 aliphatic rings. The van der Waals surface area contributed by atoms with E-state index < -0.39 is 17.8 Å². The number of carbonyl (C=O) groups excluding carboxylic acids is 2. The summed E-state index contributed by atoms with van der Waals surface area (Å²) in [5, 5.41) is 3.25. The van der Waals surface area contributed by atoms with Gasteiger partial charge in [0.05, 0.1) is 5.56 Å². The number of nitrogens with zero attached hydrogens (tertiary/aromatic N) is 1. The van der Waals surface area contributed by atoms with Crippen molar-refractivity contribution < 1.29 is 14.0 Å². The van der Waals surface area contributed by atoms with E-state index in [9.17, 15) is 14.0 Å². The summed E-state index contributed by atoms with van der Waals surface area (Å²) in [6, 6.07) is 12.2. The highest BCUT2D eigenvalue weighted by Gasteiger charge is 2.28. The summed E-state index contributed by atoms with van der Waals surface area (Å²) in [6.45, 7) is 4.02. The highest BCUT2D eigenvalue weighted by molar-refractivity contribution is 6.30. The molecule has 0 bridgehead atoms. The Labute approximate surface area is 158 Å². The molecule has 1 unspecified atom stereocenters. The zero-order chi connectivity index (χ0) is 19.3. The van der Waals surface area contributed by atoms with E-state index in [2.05, 4.69) is 5.32 Å². The predicted octanol–water partition coefficient (Wildman–Crippen LogP) is 3.89. The topological polar surface area (TPSA) is 49.4 Å². The average Bonchev–Trinajstić information content (AvgIpc) is 2.59. The van der Waals surface area contributed by atoms with Crippen LogP contribution in [0.2, 0.25) is 5.02 Å². The van der Waals surface area contributed by atoms with Crippen LogP contribution in [0.4, 0.5) is 4.39 Å². The number of hydrogen-bond donors (Lipinski definition) is 1. The number of benzene rings is 2. The first-order valence-electron chi connectivity index (χ1n) is 8.34. The molecule has 0 spiro atoms. The van der Waals surface area contributed by atoms with Crippen LogP contribution in [0.5, 0.6) is 0 Å². The van der Waals surface area contributed by atoms with Crippen molar-refractivity contribution in [2.24, 2.45) is 5.92 Å². The molecular formula is C20H22ClFN2O2. The van der Waals surface area contributed by atoms with Crippen molar-refractivity contribution in [2.75, 3.05) is 7.05 Å².